The Kier molecular flexibility index (Phi) is 5.67. The second-order valence-corrected chi connectivity index (χ2v) is 7.34. The lowest BCUT2D eigenvalue weighted by Gasteiger charge is -2.41. The molecule has 2 N–H and O–H groups in total. The first-order valence-corrected chi connectivity index (χ1v) is 7.77. The van der Waals surface area contributed by atoms with Crippen molar-refractivity contribution in [1.82, 2.24) is 4.90 Å². The minimum Gasteiger partial charge on any atom is -0.329 e. The van der Waals surface area contributed by atoms with Gasteiger partial charge >= 0.3 is 0 Å². The van der Waals surface area contributed by atoms with Gasteiger partial charge in [-0.05, 0) is 57.0 Å². The van der Waals surface area contributed by atoms with Gasteiger partial charge in [-0.15, -0.1) is 0 Å². The highest BCUT2D eigenvalue weighted by Crippen LogP contribution is 2.41. The fourth-order valence-electron chi connectivity index (χ4n) is 3.57. The van der Waals surface area contributed by atoms with E-state index in [4.69, 9.17) is 5.73 Å². The van der Waals surface area contributed by atoms with E-state index < -0.39 is 0 Å². The third kappa shape index (κ3) is 3.71. The van der Waals surface area contributed by atoms with Crippen molar-refractivity contribution in [3.63, 3.8) is 0 Å². The second kappa shape index (κ2) is 6.38. The summed E-state index contributed by atoms with van der Waals surface area (Å²) in [5, 5.41) is 0. The van der Waals surface area contributed by atoms with Crippen LogP contribution >= 0.6 is 0 Å². The van der Waals surface area contributed by atoms with Gasteiger partial charge in [-0.2, -0.15) is 0 Å². The molecule has 1 fully saturated rings. The van der Waals surface area contributed by atoms with Gasteiger partial charge in [-0.3, -0.25) is 4.90 Å². The number of nitrogens with zero attached hydrogens (tertiary/aromatic N) is 1. The van der Waals surface area contributed by atoms with Crippen molar-refractivity contribution in [2.75, 3.05) is 20.1 Å². The van der Waals surface area contributed by atoms with E-state index in [0.29, 0.717) is 5.41 Å². The average Bonchev–Trinajstić information content (AvgIpc) is 2.51. The van der Waals surface area contributed by atoms with Gasteiger partial charge in [0.25, 0.3) is 0 Å². The smallest absolute Gasteiger partial charge is 0.0328 e. The highest BCUT2D eigenvalue weighted by molar-refractivity contribution is 4.94. The summed E-state index contributed by atoms with van der Waals surface area (Å²) in [7, 11) is 2.27. The van der Waals surface area contributed by atoms with E-state index in [2.05, 4.69) is 39.6 Å². The van der Waals surface area contributed by atoms with E-state index in [1.54, 1.807) is 0 Å². The summed E-state index contributed by atoms with van der Waals surface area (Å²) in [4.78, 5) is 2.54. The fraction of sp³-hybridized carbons (Fsp3) is 1.00. The Morgan fingerprint density at radius 3 is 2.39 bits per heavy atom. The minimum absolute atomic E-state index is 0.274. The van der Waals surface area contributed by atoms with Crippen molar-refractivity contribution in [3.8, 4) is 0 Å². The topological polar surface area (TPSA) is 29.3 Å². The van der Waals surface area contributed by atoms with Gasteiger partial charge in [-0.25, -0.2) is 0 Å². The summed E-state index contributed by atoms with van der Waals surface area (Å²) in [6.45, 7) is 11.4. The number of rotatable bonds is 4. The Hall–Kier alpha value is -0.0800. The Morgan fingerprint density at radius 2 is 1.89 bits per heavy atom. The van der Waals surface area contributed by atoms with Crippen LogP contribution in [0.5, 0.6) is 0 Å². The number of hydrogen-bond donors (Lipinski definition) is 1. The van der Waals surface area contributed by atoms with Gasteiger partial charge in [0, 0.05) is 12.1 Å². The maximum atomic E-state index is 6.15. The molecule has 2 heteroatoms. The number of likely N-dealkylation sites (N-methyl/N-ethyl adjacent to an activating group) is 1. The van der Waals surface area contributed by atoms with Gasteiger partial charge in [0.2, 0.25) is 0 Å². The quantitative estimate of drug-likeness (QED) is 0.776. The molecule has 108 valence electrons. The molecular weight excluding hydrogens is 220 g/mol. The molecule has 2 nitrogen and oxygen atoms in total. The van der Waals surface area contributed by atoms with Crippen LogP contribution in [0.1, 0.15) is 66.2 Å². The Labute approximate surface area is 114 Å². The maximum Gasteiger partial charge on any atom is 0.0328 e. The van der Waals surface area contributed by atoms with Gasteiger partial charge in [0.1, 0.15) is 0 Å². The van der Waals surface area contributed by atoms with Crippen molar-refractivity contribution in [3.05, 3.63) is 0 Å². The molecular formula is C16H34N2. The lowest BCUT2D eigenvalue weighted by Crippen LogP contribution is -2.52. The van der Waals surface area contributed by atoms with E-state index in [1.807, 2.05) is 0 Å². The summed E-state index contributed by atoms with van der Waals surface area (Å²) < 4.78 is 0. The Balaban J connectivity index is 2.73. The molecule has 0 bridgehead atoms. The summed E-state index contributed by atoms with van der Waals surface area (Å²) in [6.07, 6.45) is 7.85. The zero-order chi connectivity index (χ0) is 13.8. The SMILES string of the molecule is CCCN(C)C1(CN)CCCC(C(C)(C)C)CC1. The van der Waals surface area contributed by atoms with Crippen molar-refractivity contribution >= 4 is 0 Å². The van der Waals surface area contributed by atoms with Crippen molar-refractivity contribution in [2.24, 2.45) is 17.1 Å². The standard InChI is InChI=1S/C16H34N2/c1-6-12-18(5)16(13-17)10-7-8-14(9-11-16)15(2,3)4/h14H,6-13,17H2,1-5H3. The summed E-state index contributed by atoms with van der Waals surface area (Å²) in [5.74, 6) is 0.862. The zero-order valence-corrected chi connectivity index (χ0v) is 13.3. The molecule has 0 radical (unpaired) electrons. The first-order chi connectivity index (χ1) is 8.35. The third-order valence-electron chi connectivity index (χ3n) is 5.13. The van der Waals surface area contributed by atoms with Crippen LogP contribution in [-0.4, -0.2) is 30.6 Å². The molecule has 1 rings (SSSR count). The molecule has 2 atom stereocenters. The molecule has 0 spiro atoms. The molecule has 0 heterocycles. The predicted molar refractivity (Wildman–Crippen MR) is 80.7 cm³/mol. The van der Waals surface area contributed by atoms with Gasteiger partial charge < -0.3 is 5.73 Å². The van der Waals surface area contributed by atoms with Crippen molar-refractivity contribution in [1.29, 1.82) is 0 Å². The normalized spacial score (nSPS) is 30.5. The maximum absolute atomic E-state index is 6.15. The highest BCUT2D eigenvalue weighted by atomic mass is 15.2. The van der Waals surface area contributed by atoms with Crippen LogP contribution in [0.3, 0.4) is 0 Å². The highest BCUT2D eigenvalue weighted by Gasteiger charge is 2.37. The lowest BCUT2D eigenvalue weighted by atomic mass is 9.76. The van der Waals surface area contributed by atoms with E-state index in [0.717, 1.165) is 12.5 Å². The average molecular weight is 254 g/mol. The fourth-order valence-corrected chi connectivity index (χ4v) is 3.57. The van der Waals surface area contributed by atoms with Crippen LogP contribution in [-0.2, 0) is 0 Å². The second-order valence-electron chi connectivity index (χ2n) is 7.34. The molecule has 0 amide bonds. The van der Waals surface area contributed by atoms with Crippen LogP contribution in [0.25, 0.3) is 0 Å². The summed E-state index contributed by atoms with van der Waals surface area (Å²) >= 11 is 0. The van der Waals surface area contributed by atoms with E-state index >= 15 is 0 Å². The summed E-state index contributed by atoms with van der Waals surface area (Å²) in [6, 6.07) is 0. The molecule has 1 aliphatic carbocycles. The largest absolute Gasteiger partial charge is 0.329 e. The molecule has 1 saturated carbocycles. The van der Waals surface area contributed by atoms with Crippen LogP contribution in [0.15, 0.2) is 0 Å². The lowest BCUT2D eigenvalue weighted by molar-refractivity contribution is 0.102. The number of nitrogens with two attached hydrogens (primary N) is 1. The van der Waals surface area contributed by atoms with E-state index in [1.165, 1.54) is 45.1 Å². The molecule has 18 heavy (non-hydrogen) atoms. The first-order valence-electron chi connectivity index (χ1n) is 7.77. The van der Waals surface area contributed by atoms with Crippen LogP contribution in [0.2, 0.25) is 0 Å². The van der Waals surface area contributed by atoms with Gasteiger partial charge in [0.15, 0.2) is 0 Å². The van der Waals surface area contributed by atoms with E-state index in [-0.39, 0.29) is 5.54 Å². The minimum atomic E-state index is 0.274. The van der Waals surface area contributed by atoms with Crippen LogP contribution in [0.4, 0.5) is 0 Å². The molecule has 0 aliphatic heterocycles. The van der Waals surface area contributed by atoms with E-state index in [9.17, 15) is 0 Å². The third-order valence-corrected chi connectivity index (χ3v) is 5.13. The number of hydrogen-bond acceptors (Lipinski definition) is 2. The zero-order valence-electron chi connectivity index (χ0n) is 13.3. The first kappa shape index (κ1) is 16.0. The Morgan fingerprint density at radius 1 is 1.22 bits per heavy atom. The monoisotopic (exact) mass is 254 g/mol. The predicted octanol–water partition coefficient (Wildman–Crippen LogP) is 3.65. The molecule has 1 aliphatic rings. The molecule has 0 aromatic rings. The molecule has 0 saturated heterocycles. The van der Waals surface area contributed by atoms with Crippen LogP contribution < -0.4 is 5.73 Å². The van der Waals surface area contributed by atoms with Crippen molar-refractivity contribution < 1.29 is 0 Å². The van der Waals surface area contributed by atoms with Crippen LogP contribution in [0, 0.1) is 11.3 Å². The molecule has 2 unspecified atom stereocenters. The summed E-state index contributed by atoms with van der Waals surface area (Å²) in [5.41, 5.74) is 6.88. The molecule has 0 aromatic carbocycles. The van der Waals surface area contributed by atoms with Gasteiger partial charge in [-0.1, -0.05) is 34.1 Å². The van der Waals surface area contributed by atoms with Crippen molar-refractivity contribution in [2.45, 2.75) is 71.8 Å². The Bertz CT molecular complexity index is 244. The molecule has 0 aromatic heterocycles. The van der Waals surface area contributed by atoms with Gasteiger partial charge in [0.05, 0.1) is 0 Å².